The summed E-state index contributed by atoms with van der Waals surface area (Å²) in [6.45, 7) is 1.49. The summed E-state index contributed by atoms with van der Waals surface area (Å²) in [4.78, 5) is 14.7. The van der Waals surface area contributed by atoms with Crippen LogP contribution in [0.2, 0.25) is 0 Å². The molecule has 2 aromatic carbocycles. The Balaban J connectivity index is 1.78. The number of alkyl halides is 3. The van der Waals surface area contributed by atoms with Crippen molar-refractivity contribution in [2.24, 2.45) is 0 Å². The number of benzene rings is 2. The largest absolute Gasteiger partial charge is 0.573 e. The molecule has 1 unspecified atom stereocenters. The SMILES string of the molecule is O=C(C(NCc1ccccc1OC(F)(F)F)c1ccccc1)N1CCCC1. The number of carbonyl (C=O) groups excluding carboxylic acids is 1. The Morgan fingerprint density at radius 3 is 2.33 bits per heavy atom. The van der Waals surface area contributed by atoms with E-state index >= 15 is 0 Å². The molecule has 0 radical (unpaired) electrons. The molecule has 3 rings (SSSR count). The Bertz CT molecular complexity index is 759. The van der Waals surface area contributed by atoms with Gasteiger partial charge in [-0.05, 0) is 24.5 Å². The van der Waals surface area contributed by atoms with Gasteiger partial charge in [-0.2, -0.15) is 0 Å². The predicted molar refractivity (Wildman–Crippen MR) is 95.0 cm³/mol. The summed E-state index contributed by atoms with van der Waals surface area (Å²) < 4.78 is 41.9. The third-order valence-electron chi connectivity index (χ3n) is 4.49. The number of amides is 1. The molecule has 144 valence electrons. The van der Waals surface area contributed by atoms with Crippen LogP contribution in [0, 0.1) is 0 Å². The zero-order chi connectivity index (χ0) is 19.3. The number of rotatable bonds is 6. The molecule has 0 aromatic heterocycles. The summed E-state index contributed by atoms with van der Waals surface area (Å²) >= 11 is 0. The van der Waals surface area contributed by atoms with Gasteiger partial charge in [-0.3, -0.25) is 10.1 Å². The van der Waals surface area contributed by atoms with E-state index in [1.54, 1.807) is 17.0 Å². The Labute approximate surface area is 155 Å². The molecule has 0 bridgehead atoms. The van der Waals surface area contributed by atoms with E-state index in [-0.39, 0.29) is 18.2 Å². The summed E-state index contributed by atoms with van der Waals surface area (Å²) in [6, 6.07) is 14.5. The molecular weight excluding hydrogens is 357 g/mol. The van der Waals surface area contributed by atoms with Gasteiger partial charge in [0.1, 0.15) is 11.8 Å². The van der Waals surface area contributed by atoms with E-state index < -0.39 is 12.4 Å². The van der Waals surface area contributed by atoms with Crippen molar-refractivity contribution in [2.75, 3.05) is 13.1 Å². The molecule has 1 saturated heterocycles. The molecule has 1 heterocycles. The lowest BCUT2D eigenvalue weighted by atomic mass is 10.0. The van der Waals surface area contributed by atoms with Crippen LogP contribution in [-0.4, -0.2) is 30.3 Å². The molecule has 0 spiro atoms. The Morgan fingerprint density at radius 2 is 1.67 bits per heavy atom. The maximum Gasteiger partial charge on any atom is 0.573 e. The number of nitrogens with one attached hydrogen (secondary N) is 1. The van der Waals surface area contributed by atoms with Crippen molar-refractivity contribution in [3.63, 3.8) is 0 Å². The second-order valence-electron chi connectivity index (χ2n) is 6.41. The lowest BCUT2D eigenvalue weighted by Crippen LogP contribution is -2.39. The highest BCUT2D eigenvalue weighted by molar-refractivity contribution is 5.83. The van der Waals surface area contributed by atoms with Crippen molar-refractivity contribution in [3.05, 3.63) is 65.7 Å². The maximum atomic E-state index is 12.9. The van der Waals surface area contributed by atoms with Crippen LogP contribution in [0.15, 0.2) is 54.6 Å². The minimum absolute atomic E-state index is 0.0621. The number of halogens is 3. The van der Waals surface area contributed by atoms with E-state index in [2.05, 4.69) is 10.1 Å². The molecule has 4 nitrogen and oxygen atoms in total. The quantitative estimate of drug-likeness (QED) is 0.825. The number of para-hydroxylation sites is 1. The predicted octanol–water partition coefficient (Wildman–Crippen LogP) is 4.04. The maximum absolute atomic E-state index is 12.9. The molecule has 0 saturated carbocycles. The van der Waals surface area contributed by atoms with Crippen LogP contribution >= 0.6 is 0 Å². The molecule has 1 aliphatic rings. The minimum Gasteiger partial charge on any atom is -0.405 e. The van der Waals surface area contributed by atoms with Crippen molar-refractivity contribution in [1.82, 2.24) is 10.2 Å². The topological polar surface area (TPSA) is 41.6 Å². The van der Waals surface area contributed by atoms with Crippen molar-refractivity contribution < 1.29 is 22.7 Å². The van der Waals surface area contributed by atoms with Crippen LogP contribution in [0.4, 0.5) is 13.2 Å². The number of ether oxygens (including phenoxy) is 1. The van der Waals surface area contributed by atoms with Gasteiger partial charge in [0, 0.05) is 25.2 Å². The molecule has 1 N–H and O–H groups in total. The van der Waals surface area contributed by atoms with Crippen LogP contribution in [-0.2, 0) is 11.3 Å². The van der Waals surface area contributed by atoms with E-state index in [1.165, 1.54) is 12.1 Å². The second-order valence-corrected chi connectivity index (χ2v) is 6.41. The summed E-state index contributed by atoms with van der Waals surface area (Å²) in [5.74, 6) is -0.328. The molecule has 1 fully saturated rings. The van der Waals surface area contributed by atoms with E-state index in [1.807, 2.05) is 30.3 Å². The monoisotopic (exact) mass is 378 g/mol. The molecule has 1 amide bonds. The Hall–Kier alpha value is -2.54. The van der Waals surface area contributed by atoms with Gasteiger partial charge in [-0.25, -0.2) is 0 Å². The highest BCUT2D eigenvalue weighted by atomic mass is 19.4. The second kappa shape index (κ2) is 8.43. The van der Waals surface area contributed by atoms with Gasteiger partial charge in [-0.1, -0.05) is 48.5 Å². The van der Waals surface area contributed by atoms with Gasteiger partial charge < -0.3 is 9.64 Å². The van der Waals surface area contributed by atoms with Crippen molar-refractivity contribution in [2.45, 2.75) is 31.8 Å². The molecule has 1 atom stereocenters. The molecular formula is C20H21F3N2O2. The first kappa shape index (κ1) is 19.2. The lowest BCUT2D eigenvalue weighted by molar-refractivity contribution is -0.274. The van der Waals surface area contributed by atoms with Crippen molar-refractivity contribution in [3.8, 4) is 5.75 Å². The van der Waals surface area contributed by atoms with E-state index in [0.717, 1.165) is 18.4 Å². The zero-order valence-electron chi connectivity index (χ0n) is 14.7. The van der Waals surface area contributed by atoms with Gasteiger partial charge in [0.15, 0.2) is 0 Å². The molecule has 0 aliphatic carbocycles. The first-order valence-corrected chi connectivity index (χ1v) is 8.85. The van der Waals surface area contributed by atoms with Crippen LogP contribution in [0.5, 0.6) is 5.75 Å². The first-order chi connectivity index (χ1) is 12.9. The number of nitrogens with zero attached hydrogens (tertiary/aromatic N) is 1. The van der Waals surface area contributed by atoms with Crippen LogP contribution in [0.25, 0.3) is 0 Å². The van der Waals surface area contributed by atoms with Crippen molar-refractivity contribution in [1.29, 1.82) is 0 Å². The first-order valence-electron chi connectivity index (χ1n) is 8.85. The smallest absolute Gasteiger partial charge is 0.405 e. The molecule has 2 aromatic rings. The summed E-state index contributed by atoms with van der Waals surface area (Å²) in [5.41, 5.74) is 1.12. The standard InChI is InChI=1S/C20H21F3N2O2/c21-20(22,23)27-17-11-5-4-10-16(17)14-24-18(15-8-2-1-3-9-15)19(26)25-12-6-7-13-25/h1-5,8-11,18,24H,6-7,12-14H2. The number of carbonyl (C=O) groups is 1. The van der Waals surface area contributed by atoms with Gasteiger partial charge in [0.25, 0.3) is 0 Å². The zero-order valence-corrected chi connectivity index (χ0v) is 14.7. The fourth-order valence-electron chi connectivity index (χ4n) is 3.20. The summed E-state index contributed by atoms with van der Waals surface area (Å²) in [7, 11) is 0. The summed E-state index contributed by atoms with van der Waals surface area (Å²) in [6.07, 6.45) is -2.83. The number of hydrogen-bond acceptors (Lipinski definition) is 3. The molecule has 27 heavy (non-hydrogen) atoms. The molecule has 7 heteroatoms. The number of likely N-dealkylation sites (tertiary alicyclic amines) is 1. The Kier molecular flexibility index (Phi) is 6.01. The van der Waals surface area contributed by atoms with E-state index in [4.69, 9.17) is 0 Å². The fraction of sp³-hybridized carbons (Fsp3) is 0.350. The van der Waals surface area contributed by atoms with E-state index in [9.17, 15) is 18.0 Å². The van der Waals surface area contributed by atoms with Crippen LogP contribution in [0.3, 0.4) is 0 Å². The third kappa shape index (κ3) is 5.23. The highest BCUT2D eigenvalue weighted by Gasteiger charge is 2.32. The normalized spacial score (nSPS) is 15.6. The molecule has 1 aliphatic heterocycles. The van der Waals surface area contributed by atoms with Gasteiger partial charge in [0.2, 0.25) is 5.91 Å². The lowest BCUT2D eigenvalue weighted by Gasteiger charge is -2.25. The highest BCUT2D eigenvalue weighted by Crippen LogP contribution is 2.27. The minimum atomic E-state index is -4.76. The average molecular weight is 378 g/mol. The van der Waals surface area contributed by atoms with Crippen molar-refractivity contribution >= 4 is 5.91 Å². The van der Waals surface area contributed by atoms with E-state index in [0.29, 0.717) is 18.7 Å². The van der Waals surface area contributed by atoms with Gasteiger partial charge in [0.05, 0.1) is 0 Å². The number of hydrogen-bond donors (Lipinski definition) is 1. The van der Waals surface area contributed by atoms with Gasteiger partial charge >= 0.3 is 6.36 Å². The van der Waals surface area contributed by atoms with Crippen LogP contribution in [0.1, 0.15) is 30.0 Å². The third-order valence-corrected chi connectivity index (χ3v) is 4.49. The van der Waals surface area contributed by atoms with Crippen LogP contribution < -0.4 is 10.1 Å². The Morgan fingerprint density at radius 1 is 1.04 bits per heavy atom. The fourth-order valence-corrected chi connectivity index (χ4v) is 3.20. The van der Waals surface area contributed by atoms with Gasteiger partial charge in [-0.15, -0.1) is 13.2 Å². The summed E-state index contributed by atoms with van der Waals surface area (Å²) in [5, 5.41) is 3.12. The average Bonchev–Trinajstić information content (AvgIpc) is 3.17.